The molecule has 0 atom stereocenters. The van der Waals surface area contributed by atoms with Crippen LogP contribution >= 0.6 is 0 Å². The van der Waals surface area contributed by atoms with E-state index in [9.17, 15) is 9.59 Å². The normalized spacial score (nSPS) is 15.0. The first-order chi connectivity index (χ1) is 12.1. The van der Waals surface area contributed by atoms with Gasteiger partial charge in [-0.15, -0.1) is 0 Å². The minimum atomic E-state index is -1.03. The van der Waals surface area contributed by atoms with Crippen LogP contribution in [0.25, 0.3) is 0 Å². The molecule has 0 spiro atoms. The Balaban J connectivity index is 1.52. The lowest BCUT2D eigenvalue weighted by Crippen LogP contribution is -2.40. The number of carboxylic acids is 1. The molecule has 2 heterocycles. The van der Waals surface area contributed by atoms with Crippen molar-refractivity contribution in [2.45, 2.75) is 19.4 Å². The number of aromatic nitrogens is 1. The number of piperidine rings is 1. The maximum Gasteiger partial charge on any atom is 0.354 e. The van der Waals surface area contributed by atoms with Gasteiger partial charge in [0, 0.05) is 25.6 Å². The van der Waals surface area contributed by atoms with E-state index in [0.717, 1.165) is 18.4 Å². The van der Waals surface area contributed by atoms with Gasteiger partial charge in [-0.2, -0.15) is 0 Å². The molecule has 1 aromatic heterocycles. The average molecular weight is 339 g/mol. The number of carbonyl (C=O) groups is 2. The second-order valence-electron chi connectivity index (χ2n) is 6.15. The van der Waals surface area contributed by atoms with Crippen molar-refractivity contribution in [1.82, 2.24) is 10.3 Å². The second-order valence-corrected chi connectivity index (χ2v) is 6.15. The largest absolute Gasteiger partial charge is 0.477 e. The molecule has 2 N–H and O–H groups in total. The van der Waals surface area contributed by atoms with Crippen molar-refractivity contribution < 1.29 is 14.7 Å². The Kier molecular flexibility index (Phi) is 5.28. The molecule has 0 aliphatic carbocycles. The molecule has 6 nitrogen and oxygen atoms in total. The van der Waals surface area contributed by atoms with Crippen molar-refractivity contribution >= 4 is 17.7 Å². The first-order valence-electron chi connectivity index (χ1n) is 8.40. The van der Waals surface area contributed by atoms with E-state index in [2.05, 4.69) is 10.3 Å². The Hall–Kier alpha value is -2.89. The minimum absolute atomic E-state index is 0.0115. The molecule has 1 aromatic carbocycles. The van der Waals surface area contributed by atoms with Gasteiger partial charge in [-0.1, -0.05) is 36.4 Å². The van der Waals surface area contributed by atoms with Crippen molar-refractivity contribution in [2.24, 2.45) is 5.92 Å². The van der Waals surface area contributed by atoms with Crippen molar-refractivity contribution in [3.05, 3.63) is 59.8 Å². The number of hydrogen-bond acceptors (Lipinski definition) is 4. The summed E-state index contributed by atoms with van der Waals surface area (Å²) in [6, 6.07) is 14.8. The highest BCUT2D eigenvalue weighted by atomic mass is 16.4. The average Bonchev–Trinajstić information content (AvgIpc) is 2.67. The summed E-state index contributed by atoms with van der Waals surface area (Å²) < 4.78 is 0. The summed E-state index contributed by atoms with van der Waals surface area (Å²) in [5.74, 6) is -0.307. The van der Waals surface area contributed by atoms with E-state index in [1.54, 1.807) is 6.07 Å². The number of aromatic carboxylic acids is 1. The predicted molar refractivity (Wildman–Crippen MR) is 94.4 cm³/mol. The monoisotopic (exact) mass is 339 g/mol. The number of carbonyl (C=O) groups excluding carboxylic acids is 1. The molecule has 1 aliphatic rings. The predicted octanol–water partition coefficient (Wildman–Crippen LogP) is 2.31. The van der Waals surface area contributed by atoms with Crippen LogP contribution in [0, 0.1) is 5.92 Å². The number of rotatable bonds is 5. The lowest BCUT2D eigenvalue weighted by atomic mass is 9.96. The highest BCUT2D eigenvalue weighted by Gasteiger charge is 2.25. The van der Waals surface area contributed by atoms with Crippen LogP contribution in [0.5, 0.6) is 0 Å². The van der Waals surface area contributed by atoms with E-state index in [0.29, 0.717) is 25.5 Å². The quantitative estimate of drug-likeness (QED) is 0.873. The van der Waals surface area contributed by atoms with Gasteiger partial charge in [0.25, 0.3) is 0 Å². The molecule has 130 valence electrons. The highest BCUT2D eigenvalue weighted by molar-refractivity contribution is 5.85. The SMILES string of the molecule is O=C(O)c1cccc(N2CCC(C(=O)NCc3ccccc3)CC2)n1. The van der Waals surface area contributed by atoms with Gasteiger partial charge in [-0.05, 0) is 30.5 Å². The van der Waals surface area contributed by atoms with Crippen LogP contribution in [0.15, 0.2) is 48.5 Å². The minimum Gasteiger partial charge on any atom is -0.477 e. The summed E-state index contributed by atoms with van der Waals surface area (Å²) in [7, 11) is 0. The van der Waals surface area contributed by atoms with E-state index >= 15 is 0 Å². The lowest BCUT2D eigenvalue weighted by molar-refractivity contribution is -0.125. The summed E-state index contributed by atoms with van der Waals surface area (Å²) in [6.45, 7) is 1.93. The maximum absolute atomic E-state index is 12.3. The van der Waals surface area contributed by atoms with E-state index < -0.39 is 5.97 Å². The Bertz CT molecular complexity index is 741. The van der Waals surface area contributed by atoms with Gasteiger partial charge in [0.1, 0.15) is 5.82 Å². The van der Waals surface area contributed by atoms with E-state index in [1.807, 2.05) is 41.3 Å². The molecule has 6 heteroatoms. The second kappa shape index (κ2) is 7.79. The number of amides is 1. The Morgan fingerprint density at radius 2 is 1.80 bits per heavy atom. The molecule has 1 aliphatic heterocycles. The molecule has 0 saturated carbocycles. The van der Waals surface area contributed by atoms with Crippen molar-refractivity contribution in [2.75, 3.05) is 18.0 Å². The van der Waals surface area contributed by atoms with Gasteiger partial charge >= 0.3 is 5.97 Å². The van der Waals surface area contributed by atoms with Gasteiger partial charge in [0.2, 0.25) is 5.91 Å². The first kappa shape index (κ1) is 17.0. The van der Waals surface area contributed by atoms with Crippen LogP contribution in [0.2, 0.25) is 0 Å². The standard InChI is InChI=1S/C19H21N3O3/c23-18(20-13-14-5-2-1-3-6-14)15-9-11-22(12-10-15)17-8-4-7-16(21-17)19(24)25/h1-8,15H,9-13H2,(H,20,23)(H,24,25). The Morgan fingerprint density at radius 1 is 1.08 bits per heavy atom. The van der Waals surface area contributed by atoms with Crippen LogP contribution in [0.3, 0.4) is 0 Å². The summed E-state index contributed by atoms with van der Waals surface area (Å²) in [6.07, 6.45) is 1.47. The number of benzene rings is 1. The summed E-state index contributed by atoms with van der Waals surface area (Å²) in [4.78, 5) is 29.6. The Morgan fingerprint density at radius 3 is 2.48 bits per heavy atom. The number of nitrogens with zero attached hydrogens (tertiary/aromatic N) is 2. The number of nitrogens with one attached hydrogen (secondary N) is 1. The van der Waals surface area contributed by atoms with Crippen LogP contribution < -0.4 is 10.2 Å². The third-order valence-corrected chi connectivity index (χ3v) is 4.45. The molecule has 3 rings (SSSR count). The van der Waals surface area contributed by atoms with Gasteiger partial charge in [0.05, 0.1) is 0 Å². The number of hydrogen-bond donors (Lipinski definition) is 2. The zero-order chi connectivity index (χ0) is 17.6. The van der Waals surface area contributed by atoms with E-state index in [1.165, 1.54) is 6.07 Å². The van der Waals surface area contributed by atoms with Crippen LogP contribution in [0.4, 0.5) is 5.82 Å². The zero-order valence-electron chi connectivity index (χ0n) is 13.9. The molecule has 1 fully saturated rings. The number of carboxylic acid groups (broad SMARTS) is 1. The third-order valence-electron chi connectivity index (χ3n) is 4.45. The third kappa shape index (κ3) is 4.35. The van der Waals surface area contributed by atoms with Gasteiger partial charge in [0.15, 0.2) is 5.69 Å². The molecular formula is C19H21N3O3. The molecule has 1 amide bonds. The fraction of sp³-hybridized carbons (Fsp3) is 0.316. The van der Waals surface area contributed by atoms with E-state index in [-0.39, 0.29) is 17.5 Å². The van der Waals surface area contributed by atoms with Crippen molar-refractivity contribution in [3.8, 4) is 0 Å². The maximum atomic E-state index is 12.3. The molecule has 25 heavy (non-hydrogen) atoms. The summed E-state index contributed by atoms with van der Waals surface area (Å²) in [5, 5.41) is 12.0. The van der Waals surface area contributed by atoms with E-state index in [4.69, 9.17) is 5.11 Å². The molecule has 0 bridgehead atoms. The van der Waals surface area contributed by atoms with Crippen LogP contribution in [-0.4, -0.2) is 35.1 Å². The van der Waals surface area contributed by atoms with Crippen LogP contribution in [-0.2, 0) is 11.3 Å². The fourth-order valence-electron chi connectivity index (χ4n) is 3.02. The smallest absolute Gasteiger partial charge is 0.354 e. The summed E-state index contributed by atoms with van der Waals surface area (Å²) >= 11 is 0. The molecule has 0 radical (unpaired) electrons. The molecule has 2 aromatic rings. The molecular weight excluding hydrogens is 318 g/mol. The van der Waals surface area contributed by atoms with Crippen molar-refractivity contribution in [3.63, 3.8) is 0 Å². The number of pyridine rings is 1. The Labute approximate surface area is 146 Å². The fourth-order valence-corrected chi connectivity index (χ4v) is 3.02. The van der Waals surface area contributed by atoms with Crippen LogP contribution in [0.1, 0.15) is 28.9 Å². The molecule has 0 unspecified atom stereocenters. The van der Waals surface area contributed by atoms with Crippen molar-refractivity contribution in [1.29, 1.82) is 0 Å². The topological polar surface area (TPSA) is 82.5 Å². The lowest BCUT2D eigenvalue weighted by Gasteiger charge is -2.32. The van der Waals surface area contributed by atoms with Gasteiger partial charge in [-0.3, -0.25) is 4.79 Å². The van der Waals surface area contributed by atoms with Gasteiger partial charge < -0.3 is 15.3 Å². The molecule has 1 saturated heterocycles. The first-order valence-corrected chi connectivity index (χ1v) is 8.40. The number of anilines is 1. The van der Waals surface area contributed by atoms with Gasteiger partial charge in [-0.25, -0.2) is 9.78 Å². The highest BCUT2D eigenvalue weighted by Crippen LogP contribution is 2.22. The summed E-state index contributed by atoms with van der Waals surface area (Å²) in [5.41, 5.74) is 1.13. The zero-order valence-corrected chi connectivity index (χ0v) is 13.9.